The van der Waals surface area contributed by atoms with Crippen molar-refractivity contribution in [2.75, 3.05) is 33.4 Å². The van der Waals surface area contributed by atoms with Gasteiger partial charge in [0.15, 0.2) is 0 Å². The van der Waals surface area contributed by atoms with Gasteiger partial charge in [0.2, 0.25) is 11.8 Å². The molecule has 1 aliphatic carbocycles. The molecule has 1 aromatic carbocycles. The molecule has 0 saturated heterocycles. The topological polar surface area (TPSA) is 54.8 Å². The molecule has 1 fully saturated rings. The first-order valence-electron chi connectivity index (χ1n) is 11.0. The number of hydrogen-bond acceptors (Lipinski definition) is 3. The van der Waals surface area contributed by atoms with E-state index in [1.165, 1.54) is 5.56 Å². The Kier molecular flexibility index (Phi) is 8.47. The van der Waals surface area contributed by atoms with Crippen LogP contribution in [0, 0.1) is 5.92 Å². The maximum Gasteiger partial charge on any atom is 0.242 e. The first kappa shape index (κ1) is 22.8. The van der Waals surface area contributed by atoms with Crippen molar-refractivity contribution in [3.63, 3.8) is 0 Å². The highest BCUT2D eigenvalue weighted by Crippen LogP contribution is 2.28. The van der Waals surface area contributed by atoms with Crippen molar-refractivity contribution in [3.8, 4) is 0 Å². The summed E-state index contributed by atoms with van der Waals surface area (Å²) >= 11 is 0. The fourth-order valence-corrected chi connectivity index (χ4v) is 3.78. The molecule has 1 heterocycles. The molecule has 6 nitrogen and oxygen atoms in total. The molecule has 0 atom stereocenters. The first-order valence-corrected chi connectivity index (χ1v) is 11.0. The van der Waals surface area contributed by atoms with Gasteiger partial charge < -0.3 is 19.1 Å². The SMILES string of the molecule is C=CCN(CC(=O)N(CCOC)Cc1cccn1Cc1ccccc1)C(=O)C1CCC1. The Bertz CT molecular complexity index is 858. The number of nitrogens with zero attached hydrogens (tertiary/aromatic N) is 3. The zero-order valence-electron chi connectivity index (χ0n) is 18.4. The number of methoxy groups -OCH3 is 1. The Hall–Kier alpha value is -2.86. The molecule has 6 heteroatoms. The molecule has 0 radical (unpaired) electrons. The number of rotatable bonds is 12. The van der Waals surface area contributed by atoms with E-state index in [0.717, 1.165) is 31.5 Å². The van der Waals surface area contributed by atoms with Crippen LogP contribution in [0.25, 0.3) is 0 Å². The number of ether oxygens (including phenoxy) is 1. The van der Waals surface area contributed by atoms with E-state index < -0.39 is 0 Å². The Morgan fingerprint density at radius 2 is 1.94 bits per heavy atom. The fraction of sp³-hybridized carbons (Fsp3) is 0.440. The van der Waals surface area contributed by atoms with Crippen LogP contribution in [0.3, 0.4) is 0 Å². The van der Waals surface area contributed by atoms with Crippen molar-refractivity contribution in [2.45, 2.75) is 32.4 Å². The molecule has 1 aromatic heterocycles. The molecule has 0 spiro atoms. The second-order valence-electron chi connectivity index (χ2n) is 8.06. The van der Waals surface area contributed by atoms with Crippen molar-refractivity contribution in [1.29, 1.82) is 0 Å². The van der Waals surface area contributed by atoms with Crippen LogP contribution in [0.4, 0.5) is 0 Å². The smallest absolute Gasteiger partial charge is 0.242 e. The summed E-state index contributed by atoms with van der Waals surface area (Å²) < 4.78 is 7.39. The lowest BCUT2D eigenvalue weighted by molar-refractivity contribution is -0.144. The first-order chi connectivity index (χ1) is 15.1. The van der Waals surface area contributed by atoms with E-state index in [0.29, 0.717) is 26.2 Å². The van der Waals surface area contributed by atoms with Crippen molar-refractivity contribution in [2.24, 2.45) is 5.92 Å². The van der Waals surface area contributed by atoms with Crippen LogP contribution in [0.15, 0.2) is 61.3 Å². The third-order valence-corrected chi connectivity index (χ3v) is 5.83. The molecule has 0 N–H and O–H groups in total. The van der Waals surface area contributed by atoms with Gasteiger partial charge in [-0.2, -0.15) is 0 Å². The summed E-state index contributed by atoms with van der Waals surface area (Å²) in [6.07, 6.45) is 6.65. The van der Waals surface area contributed by atoms with E-state index in [-0.39, 0.29) is 24.3 Å². The molecule has 0 bridgehead atoms. The van der Waals surface area contributed by atoms with E-state index in [2.05, 4.69) is 23.3 Å². The minimum Gasteiger partial charge on any atom is -0.383 e. The van der Waals surface area contributed by atoms with E-state index in [9.17, 15) is 9.59 Å². The van der Waals surface area contributed by atoms with Crippen LogP contribution in [0.2, 0.25) is 0 Å². The third-order valence-electron chi connectivity index (χ3n) is 5.83. The summed E-state index contributed by atoms with van der Waals surface area (Å²) in [4.78, 5) is 29.4. The molecular formula is C25H33N3O3. The number of hydrogen-bond donors (Lipinski definition) is 0. The van der Waals surface area contributed by atoms with Crippen LogP contribution in [0.1, 0.15) is 30.5 Å². The maximum atomic E-state index is 13.2. The molecule has 2 aromatic rings. The van der Waals surface area contributed by atoms with Crippen molar-refractivity contribution >= 4 is 11.8 Å². The molecule has 1 saturated carbocycles. The quantitative estimate of drug-likeness (QED) is 0.492. The standard InChI is InChI=1S/C25H33N3O3/c1-3-14-28(25(30)22-11-7-12-22)20-24(29)27(16-17-31-2)19-23-13-8-15-26(23)18-21-9-5-4-6-10-21/h3-6,8-10,13,15,22H,1,7,11-12,14,16-20H2,2H3. The van der Waals surface area contributed by atoms with Crippen LogP contribution in [-0.2, 0) is 27.4 Å². The molecule has 3 rings (SSSR count). The summed E-state index contributed by atoms with van der Waals surface area (Å²) in [5.41, 5.74) is 2.26. The molecule has 166 valence electrons. The van der Waals surface area contributed by atoms with Crippen LogP contribution in [-0.4, -0.2) is 59.5 Å². The van der Waals surface area contributed by atoms with E-state index >= 15 is 0 Å². The van der Waals surface area contributed by atoms with Crippen LogP contribution < -0.4 is 0 Å². The number of amides is 2. The van der Waals surface area contributed by atoms with E-state index in [1.807, 2.05) is 36.5 Å². The number of carbonyl (C=O) groups is 2. The zero-order chi connectivity index (χ0) is 22.1. The summed E-state index contributed by atoms with van der Waals surface area (Å²) in [6, 6.07) is 14.3. The summed E-state index contributed by atoms with van der Waals surface area (Å²) in [7, 11) is 1.63. The van der Waals surface area contributed by atoms with Gasteiger partial charge in [0, 0.05) is 44.6 Å². The van der Waals surface area contributed by atoms with Crippen molar-refractivity contribution in [3.05, 3.63) is 72.6 Å². The zero-order valence-corrected chi connectivity index (χ0v) is 18.4. The minimum atomic E-state index is -0.0703. The predicted octanol–water partition coefficient (Wildman–Crippen LogP) is 3.33. The molecule has 31 heavy (non-hydrogen) atoms. The van der Waals surface area contributed by atoms with Crippen LogP contribution >= 0.6 is 0 Å². The molecule has 1 aliphatic rings. The van der Waals surface area contributed by atoms with Gasteiger partial charge in [-0.05, 0) is 30.5 Å². The average molecular weight is 424 g/mol. The predicted molar refractivity (Wildman–Crippen MR) is 121 cm³/mol. The number of aromatic nitrogens is 1. The third kappa shape index (κ3) is 6.31. The average Bonchev–Trinajstić information content (AvgIpc) is 3.16. The van der Waals surface area contributed by atoms with Crippen molar-refractivity contribution in [1.82, 2.24) is 14.4 Å². The monoisotopic (exact) mass is 423 g/mol. The summed E-state index contributed by atoms with van der Waals surface area (Å²) in [6.45, 7) is 6.37. The Labute approximate surface area is 185 Å². The van der Waals surface area contributed by atoms with Gasteiger partial charge in [0.05, 0.1) is 13.2 Å². The Morgan fingerprint density at radius 3 is 2.58 bits per heavy atom. The second-order valence-corrected chi connectivity index (χ2v) is 8.06. The summed E-state index contributed by atoms with van der Waals surface area (Å²) in [5.74, 6) is 0.0564. The van der Waals surface area contributed by atoms with E-state index in [4.69, 9.17) is 4.74 Å². The highest BCUT2D eigenvalue weighted by atomic mass is 16.5. The highest BCUT2D eigenvalue weighted by Gasteiger charge is 2.30. The largest absolute Gasteiger partial charge is 0.383 e. The molecular weight excluding hydrogens is 390 g/mol. The highest BCUT2D eigenvalue weighted by molar-refractivity contribution is 5.86. The van der Waals surface area contributed by atoms with Gasteiger partial charge in [-0.3, -0.25) is 9.59 Å². The molecule has 0 aliphatic heterocycles. The van der Waals surface area contributed by atoms with Gasteiger partial charge in [-0.25, -0.2) is 0 Å². The Morgan fingerprint density at radius 1 is 1.16 bits per heavy atom. The Balaban J connectivity index is 1.69. The van der Waals surface area contributed by atoms with Crippen molar-refractivity contribution < 1.29 is 14.3 Å². The lowest BCUT2D eigenvalue weighted by Crippen LogP contribution is -2.46. The number of benzene rings is 1. The van der Waals surface area contributed by atoms with Crippen LogP contribution in [0.5, 0.6) is 0 Å². The van der Waals surface area contributed by atoms with Gasteiger partial charge in [0.25, 0.3) is 0 Å². The van der Waals surface area contributed by atoms with Gasteiger partial charge in [0.1, 0.15) is 6.54 Å². The number of carbonyl (C=O) groups excluding carboxylic acids is 2. The maximum absolute atomic E-state index is 13.2. The van der Waals surface area contributed by atoms with Gasteiger partial charge in [-0.1, -0.05) is 42.8 Å². The second kappa shape index (κ2) is 11.5. The minimum absolute atomic E-state index is 0.0586. The van der Waals surface area contributed by atoms with E-state index in [1.54, 1.807) is 23.0 Å². The lowest BCUT2D eigenvalue weighted by Gasteiger charge is -2.32. The normalized spacial score (nSPS) is 13.5. The lowest BCUT2D eigenvalue weighted by atomic mass is 9.84. The van der Waals surface area contributed by atoms with Gasteiger partial charge >= 0.3 is 0 Å². The molecule has 0 unspecified atom stereocenters. The van der Waals surface area contributed by atoms with Gasteiger partial charge in [-0.15, -0.1) is 6.58 Å². The molecule has 2 amide bonds. The fourth-order valence-electron chi connectivity index (χ4n) is 3.78. The summed E-state index contributed by atoms with van der Waals surface area (Å²) in [5, 5.41) is 0.